The average Bonchev–Trinajstić information content (AvgIpc) is 3.07. The van der Waals surface area contributed by atoms with Gasteiger partial charge >= 0.3 is 0 Å². The Bertz CT molecular complexity index is 1240. The fraction of sp³-hybridized carbons (Fsp3) is 0.414. The first kappa shape index (κ1) is 26.8. The number of nitrogens with one attached hydrogen (secondary N) is 1. The Morgan fingerprint density at radius 3 is 2.54 bits per heavy atom. The van der Waals surface area contributed by atoms with Crippen molar-refractivity contribution in [3.05, 3.63) is 58.5 Å². The largest absolute Gasteiger partial charge is 0.494 e. The van der Waals surface area contributed by atoms with E-state index in [1.807, 2.05) is 13.0 Å². The highest BCUT2D eigenvalue weighted by Gasteiger charge is 2.38. The van der Waals surface area contributed by atoms with Crippen LogP contribution in [0, 0.1) is 0 Å². The predicted octanol–water partition coefficient (Wildman–Crippen LogP) is 6.26. The van der Waals surface area contributed by atoms with Crippen LogP contribution < -0.4 is 15.0 Å². The fourth-order valence-corrected chi connectivity index (χ4v) is 6.31. The summed E-state index contributed by atoms with van der Waals surface area (Å²) in [5, 5.41) is 2.28. The second-order valence-electron chi connectivity index (χ2n) is 10.5. The van der Waals surface area contributed by atoms with E-state index in [9.17, 15) is 14.4 Å². The van der Waals surface area contributed by atoms with Gasteiger partial charge in [-0.2, -0.15) is 0 Å². The van der Waals surface area contributed by atoms with E-state index < -0.39 is 17.1 Å². The first-order chi connectivity index (χ1) is 17.5. The molecule has 0 aliphatic carbocycles. The summed E-state index contributed by atoms with van der Waals surface area (Å²) in [5.41, 5.74) is 3.96. The van der Waals surface area contributed by atoms with Gasteiger partial charge in [-0.3, -0.25) is 19.3 Å². The number of benzene rings is 2. The first-order valence-corrected chi connectivity index (χ1v) is 13.5. The standard InChI is InChI=1S/C29H35N3O4S/c1-7-36-22-11-9-21(10-12-22)30-26(33)17-31-27(34)25(37-28(31)35)15-20-8-13-24-23(14-20)19(4)16-29(5,6)32(24)18(2)3/h8-15,18-19H,7,16-17H2,1-6H3,(H,30,33)/b25-15-. The highest BCUT2D eigenvalue weighted by atomic mass is 32.2. The van der Waals surface area contributed by atoms with Crippen molar-refractivity contribution in [2.45, 2.75) is 65.5 Å². The van der Waals surface area contributed by atoms with Gasteiger partial charge in [0.05, 0.1) is 11.5 Å². The molecule has 37 heavy (non-hydrogen) atoms. The van der Waals surface area contributed by atoms with Gasteiger partial charge in [-0.1, -0.05) is 13.0 Å². The molecule has 2 heterocycles. The van der Waals surface area contributed by atoms with Crippen LogP contribution in [0.1, 0.15) is 65.0 Å². The first-order valence-electron chi connectivity index (χ1n) is 12.7. The van der Waals surface area contributed by atoms with E-state index in [0.717, 1.165) is 28.6 Å². The summed E-state index contributed by atoms with van der Waals surface area (Å²) in [7, 11) is 0. The third-order valence-corrected chi connectivity index (χ3v) is 7.65. The molecule has 1 saturated heterocycles. The molecule has 2 aromatic rings. The molecule has 0 spiro atoms. The van der Waals surface area contributed by atoms with Crippen LogP contribution in [-0.4, -0.2) is 46.7 Å². The molecule has 1 atom stereocenters. The van der Waals surface area contributed by atoms with Gasteiger partial charge in [0.15, 0.2) is 0 Å². The van der Waals surface area contributed by atoms with Crippen molar-refractivity contribution >= 4 is 46.3 Å². The monoisotopic (exact) mass is 521 g/mol. The third kappa shape index (κ3) is 5.69. The third-order valence-electron chi connectivity index (χ3n) is 6.74. The van der Waals surface area contributed by atoms with Crippen LogP contribution in [0.5, 0.6) is 5.75 Å². The lowest BCUT2D eigenvalue weighted by atomic mass is 9.79. The van der Waals surface area contributed by atoms with Gasteiger partial charge < -0.3 is 15.0 Å². The molecule has 1 unspecified atom stereocenters. The minimum absolute atomic E-state index is 0.0522. The predicted molar refractivity (Wildman–Crippen MR) is 150 cm³/mol. The van der Waals surface area contributed by atoms with Gasteiger partial charge in [-0.15, -0.1) is 0 Å². The summed E-state index contributed by atoms with van der Waals surface area (Å²) in [6, 6.07) is 13.5. The minimum atomic E-state index is -0.451. The Morgan fingerprint density at radius 1 is 1.19 bits per heavy atom. The van der Waals surface area contributed by atoms with Crippen LogP contribution in [-0.2, 0) is 9.59 Å². The number of amides is 3. The Morgan fingerprint density at radius 2 is 1.89 bits per heavy atom. The SMILES string of the molecule is CCOc1ccc(NC(=O)CN2C(=O)S/C(=C\c3ccc4c(c3)C(C)CC(C)(C)N4C(C)C)C2=O)cc1. The highest BCUT2D eigenvalue weighted by molar-refractivity contribution is 8.18. The number of rotatable bonds is 7. The number of hydrogen-bond acceptors (Lipinski definition) is 6. The topological polar surface area (TPSA) is 79.0 Å². The van der Waals surface area contributed by atoms with E-state index in [1.165, 1.54) is 11.3 Å². The van der Waals surface area contributed by atoms with Crippen molar-refractivity contribution < 1.29 is 19.1 Å². The van der Waals surface area contributed by atoms with Crippen molar-refractivity contribution in [3.8, 4) is 5.75 Å². The Balaban J connectivity index is 1.48. The smallest absolute Gasteiger partial charge is 0.294 e. The van der Waals surface area contributed by atoms with Crippen LogP contribution in [0.2, 0.25) is 0 Å². The minimum Gasteiger partial charge on any atom is -0.494 e. The number of nitrogens with zero attached hydrogens (tertiary/aromatic N) is 2. The van der Waals surface area contributed by atoms with Crippen LogP contribution in [0.3, 0.4) is 0 Å². The maximum Gasteiger partial charge on any atom is 0.294 e. The quantitative estimate of drug-likeness (QED) is 0.433. The number of hydrogen-bond donors (Lipinski definition) is 1. The highest BCUT2D eigenvalue weighted by Crippen LogP contribution is 2.45. The molecule has 2 aliphatic heterocycles. The van der Waals surface area contributed by atoms with Crippen molar-refractivity contribution in [1.82, 2.24) is 4.90 Å². The molecule has 2 aromatic carbocycles. The normalized spacial score (nSPS) is 20.0. The number of anilines is 2. The van der Waals surface area contributed by atoms with Gasteiger partial charge in [0.2, 0.25) is 5.91 Å². The molecule has 0 bridgehead atoms. The zero-order valence-electron chi connectivity index (χ0n) is 22.3. The summed E-state index contributed by atoms with van der Waals surface area (Å²) >= 11 is 0.867. The lowest BCUT2D eigenvalue weighted by Gasteiger charge is -2.50. The summed E-state index contributed by atoms with van der Waals surface area (Å²) in [6.45, 7) is 13.3. The lowest BCUT2D eigenvalue weighted by Crippen LogP contribution is -2.51. The summed E-state index contributed by atoms with van der Waals surface area (Å²) < 4.78 is 5.40. The molecule has 4 rings (SSSR count). The molecule has 0 radical (unpaired) electrons. The number of ether oxygens (including phenoxy) is 1. The molecule has 0 aromatic heterocycles. The number of carbonyl (C=O) groups excluding carboxylic acids is 3. The maximum atomic E-state index is 13.0. The van der Waals surface area contributed by atoms with Crippen LogP contribution in [0.25, 0.3) is 6.08 Å². The molecule has 3 amide bonds. The number of imide groups is 1. The molecular weight excluding hydrogens is 486 g/mol. The molecule has 196 valence electrons. The zero-order valence-corrected chi connectivity index (χ0v) is 23.1. The van der Waals surface area contributed by atoms with E-state index in [1.54, 1.807) is 30.3 Å². The van der Waals surface area contributed by atoms with Gasteiger partial charge in [0.1, 0.15) is 12.3 Å². The average molecular weight is 522 g/mol. The Labute approximate surface area is 223 Å². The van der Waals surface area contributed by atoms with Gasteiger partial charge in [-0.05, 0) is 112 Å². The Hall–Kier alpha value is -3.26. The molecule has 0 saturated carbocycles. The van der Waals surface area contributed by atoms with E-state index in [-0.39, 0.29) is 12.1 Å². The van der Waals surface area contributed by atoms with E-state index in [2.05, 4.69) is 57.0 Å². The molecule has 7 nitrogen and oxygen atoms in total. The number of carbonyl (C=O) groups is 3. The van der Waals surface area contributed by atoms with Crippen LogP contribution in [0.4, 0.5) is 16.2 Å². The second kappa shape index (κ2) is 10.6. The zero-order chi connectivity index (χ0) is 26.9. The van der Waals surface area contributed by atoms with E-state index in [0.29, 0.717) is 34.9 Å². The van der Waals surface area contributed by atoms with Crippen molar-refractivity contribution in [3.63, 3.8) is 0 Å². The van der Waals surface area contributed by atoms with Crippen LogP contribution >= 0.6 is 11.8 Å². The van der Waals surface area contributed by atoms with E-state index in [4.69, 9.17) is 4.74 Å². The van der Waals surface area contributed by atoms with Gasteiger partial charge in [-0.25, -0.2) is 0 Å². The van der Waals surface area contributed by atoms with Gasteiger partial charge in [0, 0.05) is 23.0 Å². The molecule has 1 N–H and O–H groups in total. The van der Waals surface area contributed by atoms with Crippen molar-refractivity contribution in [2.75, 3.05) is 23.4 Å². The number of thioether (sulfide) groups is 1. The molecular formula is C29H35N3O4S. The number of fused-ring (bicyclic) bond motifs is 1. The Kier molecular flexibility index (Phi) is 7.69. The fourth-order valence-electron chi connectivity index (χ4n) is 5.47. The van der Waals surface area contributed by atoms with E-state index >= 15 is 0 Å². The molecule has 1 fully saturated rings. The van der Waals surface area contributed by atoms with Crippen molar-refractivity contribution in [2.24, 2.45) is 0 Å². The maximum absolute atomic E-state index is 13.0. The lowest BCUT2D eigenvalue weighted by molar-refractivity contribution is -0.127. The van der Waals surface area contributed by atoms with Crippen LogP contribution in [0.15, 0.2) is 47.4 Å². The molecule has 2 aliphatic rings. The molecule has 8 heteroatoms. The van der Waals surface area contributed by atoms with Crippen molar-refractivity contribution in [1.29, 1.82) is 0 Å². The summed E-state index contributed by atoms with van der Waals surface area (Å²) in [5.74, 6) is 0.183. The van der Waals surface area contributed by atoms with Gasteiger partial charge in [0.25, 0.3) is 11.1 Å². The summed E-state index contributed by atoms with van der Waals surface area (Å²) in [4.78, 5) is 41.9. The summed E-state index contributed by atoms with van der Waals surface area (Å²) in [6.07, 6.45) is 2.78. The second-order valence-corrected chi connectivity index (χ2v) is 11.5.